The average molecular weight is 155 g/mol. The molecule has 0 spiro atoms. The van der Waals surface area contributed by atoms with Crippen molar-refractivity contribution in [3.05, 3.63) is 0 Å². The van der Waals surface area contributed by atoms with Crippen molar-refractivity contribution in [1.29, 1.82) is 0 Å². The first-order valence-electron chi connectivity index (χ1n) is 4.98. The van der Waals surface area contributed by atoms with E-state index in [4.69, 9.17) is 5.73 Å². The minimum absolute atomic E-state index is 0.865. The van der Waals surface area contributed by atoms with E-state index in [1.165, 1.54) is 25.7 Å². The molecule has 1 aliphatic rings. The summed E-state index contributed by atoms with van der Waals surface area (Å²) >= 11 is 0. The Morgan fingerprint density at radius 2 is 2.00 bits per heavy atom. The number of hydrogen-bond donors (Lipinski definition) is 1. The van der Waals surface area contributed by atoms with Gasteiger partial charge in [0.2, 0.25) is 0 Å². The lowest BCUT2D eigenvalue weighted by Crippen LogP contribution is -2.33. The van der Waals surface area contributed by atoms with Crippen LogP contribution >= 0.6 is 0 Å². The maximum absolute atomic E-state index is 5.64. The third-order valence-corrected chi connectivity index (χ3v) is 3.28. The zero-order valence-corrected chi connectivity index (χ0v) is 7.84. The van der Waals surface area contributed by atoms with Gasteiger partial charge in [-0.15, -0.1) is 0 Å². The fourth-order valence-electron chi connectivity index (χ4n) is 1.94. The van der Waals surface area contributed by atoms with Crippen LogP contribution in [0, 0.1) is 17.8 Å². The Bertz CT molecular complexity index is 109. The van der Waals surface area contributed by atoms with E-state index in [-0.39, 0.29) is 0 Å². The Labute approximate surface area is 70.4 Å². The molecule has 3 unspecified atom stereocenters. The normalized spacial score (nSPS) is 33.0. The Kier molecular flexibility index (Phi) is 3.38. The number of nitrogens with two attached hydrogens (primary N) is 1. The molecule has 0 radical (unpaired) electrons. The van der Waals surface area contributed by atoms with Crippen molar-refractivity contribution in [3.63, 3.8) is 0 Å². The molecule has 66 valence electrons. The van der Waals surface area contributed by atoms with E-state index in [0.29, 0.717) is 0 Å². The lowest BCUT2D eigenvalue weighted by Gasteiger charge is -2.37. The summed E-state index contributed by atoms with van der Waals surface area (Å²) in [6, 6.07) is 0. The zero-order valence-electron chi connectivity index (χ0n) is 7.84. The molecule has 0 saturated heterocycles. The van der Waals surface area contributed by atoms with E-state index in [9.17, 15) is 0 Å². The van der Waals surface area contributed by atoms with Crippen LogP contribution in [0.15, 0.2) is 0 Å². The quantitative estimate of drug-likeness (QED) is 0.663. The zero-order chi connectivity index (χ0) is 8.27. The molecule has 1 saturated carbocycles. The Balaban J connectivity index is 2.16. The van der Waals surface area contributed by atoms with Crippen LogP contribution in [0.3, 0.4) is 0 Å². The molecule has 3 atom stereocenters. The van der Waals surface area contributed by atoms with E-state index in [1.807, 2.05) is 0 Å². The second kappa shape index (κ2) is 4.10. The highest BCUT2D eigenvalue weighted by atomic mass is 14.6. The first kappa shape index (κ1) is 9.05. The smallest absolute Gasteiger partial charge is 0.00462 e. The van der Waals surface area contributed by atoms with Crippen molar-refractivity contribution in [1.82, 2.24) is 0 Å². The standard InChI is InChI=1S/C10H21N/c1-3-8(2)6-9-4-5-10(9)7-11/h8-10H,3-7,11H2,1-2H3. The van der Waals surface area contributed by atoms with Crippen molar-refractivity contribution in [3.8, 4) is 0 Å². The van der Waals surface area contributed by atoms with Gasteiger partial charge >= 0.3 is 0 Å². The monoisotopic (exact) mass is 155 g/mol. The third-order valence-electron chi connectivity index (χ3n) is 3.28. The van der Waals surface area contributed by atoms with Crippen LogP contribution in [0.2, 0.25) is 0 Å². The summed E-state index contributed by atoms with van der Waals surface area (Å²) in [5.74, 6) is 2.74. The van der Waals surface area contributed by atoms with Crippen molar-refractivity contribution in [2.45, 2.75) is 39.5 Å². The summed E-state index contributed by atoms with van der Waals surface area (Å²) in [6.45, 7) is 5.55. The molecule has 0 aliphatic heterocycles. The molecule has 2 N–H and O–H groups in total. The van der Waals surface area contributed by atoms with E-state index in [0.717, 1.165) is 24.3 Å². The molecule has 1 heteroatoms. The third kappa shape index (κ3) is 2.19. The molecular formula is C10H21N. The second-order valence-corrected chi connectivity index (χ2v) is 4.08. The fraction of sp³-hybridized carbons (Fsp3) is 1.00. The van der Waals surface area contributed by atoms with E-state index in [1.54, 1.807) is 0 Å². The molecule has 1 rings (SSSR count). The molecule has 1 aliphatic carbocycles. The van der Waals surface area contributed by atoms with Gasteiger partial charge in [-0.3, -0.25) is 0 Å². The predicted molar refractivity (Wildman–Crippen MR) is 49.3 cm³/mol. The molecular weight excluding hydrogens is 134 g/mol. The molecule has 0 amide bonds. The van der Waals surface area contributed by atoms with Crippen LogP contribution < -0.4 is 5.73 Å². The minimum Gasteiger partial charge on any atom is -0.330 e. The lowest BCUT2D eigenvalue weighted by molar-refractivity contribution is 0.149. The van der Waals surface area contributed by atoms with Gasteiger partial charge in [0.05, 0.1) is 0 Å². The van der Waals surface area contributed by atoms with Gasteiger partial charge in [-0.05, 0) is 43.6 Å². The summed E-state index contributed by atoms with van der Waals surface area (Å²) in [4.78, 5) is 0. The highest BCUT2D eigenvalue weighted by Gasteiger charge is 2.29. The maximum atomic E-state index is 5.64. The minimum atomic E-state index is 0.865. The molecule has 0 bridgehead atoms. The molecule has 0 aromatic rings. The predicted octanol–water partition coefficient (Wildman–Crippen LogP) is 2.41. The van der Waals surface area contributed by atoms with Crippen LogP contribution in [-0.2, 0) is 0 Å². The van der Waals surface area contributed by atoms with Crippen molar-refractivity contribution in [2.75, 3.05) is 6.54 Å². The summed E-state index contributed by atoms with van der Waals surface area (Å²) in [6.07, 6.45) is 5.57. The Hall–Kier alpha value is -0.0400. The number of hydrogen-bond acceptors (Lipinski definition) is 1. The van der Waals surface area contributed by atoms with Gasteiger partial charge in [-0.25, -0.2) is 0 Å². The van der Waals surface area contributed by atoms with E-state index < -0.39 is 0 Å². The molecule has 1 nitrogen and oxygen atoms in total. The summed E-state index contributed by atoms with van der Waals surface area (Å²) < 4.78 is 0. The molecule has 0 aromatic heterocycles. The molecule has 0 heterocycles. The van der Waals surface area contributed by atoms with Crippen LogP contribution in [0.25, 0.3) is 0 Å². The molecule has 1 fully saturated rings. The first-order chi connectivity index (χ1) is 5.27. The molecule has 11 heavy (non-hydrogen) atoms. The van der Waals surface area contributed by atoms with Gasteiger partial charge in [0.15, 0.2) is 0 Å². The van der Waals surface area contributed by atoms with E-state index >= 15 is 0 Å². The Morgan fingerprint density at radius 1 is 1.36 bits per heavy atom. The van der Waals surface area contributed by atoms with Crippen molar-refractivity contribution in [2.24, 2.45) is 23.5 Å². The summed E-state index contributed by atoms with van der Waals surface area (Å²) in [5, 5.41) is 0. The highest BCUT2D eigenvalue weighted by Crippen LogP contribution is 2.38. The SMILES string of the molecule is CCC(C)CC1CCC1CN. The van der Waals surface area contributed by atoms with E-state index in [2.05, 4.69) is 13.8 Å². The average Bonchev–Trinajstić information content (AvgIpc) is 1.98. The maximum Gasteiger partial charge on any atom is -0.00462 e. The fourth-order valence-corrected chi connectivity index (χ4v) is 1.94. The van der Waals surface area contributed by atoms with Gasteiger partial charge in [0.1, 0.15) is 0 Å². The van der Waals surface area contributed by atoms with Crippen molar-refractivity contribution >= 4 is 0 Å². The lowest BCUT2D eigenvalue weighted by atomic mass is 9.69. The van der Waals surface area contributed by atoms with Gasteiger partial charge < -0.3 is 5.73 Å². The van der Waals surface area contributed by atoms with Gasteiger partial charge in [0.25, 0.3) is 0 Å². The van der Waals surface area contributed by atoms with Crippen LogP contribution in [0.1, 0.15) is 39.5 Å². The highest BCUT2D eigenvalue weighted by molar-refractivity contribution is 4.82. The van der Waals surface area contributed by atoms with Crippen LogP contribution in [0.4, 0.5) is 0 Å². The van der Waals surface area contributed by atoms with Gasteiger partial charge in [0, 0.05) is 0 Å². The van der Waals surface area contributed by atoms with Gasteiger partial charge in [-0.2, -0.15) is 0 Å². The summed E-state index contributed by atoms with van der Waals surface area (Å²) in [7, 11) is 0. The van der Waals surface area contributed by atoms with Crippen molar-refractivity contribution < 1.29 is 0 Å². The number of rotatable bonds is 4. The second-order valence-electron chi connectivity index (χ2n) is 4.08. The molecule has 0 aromatic carbocycles. The van der Waals surface area contributed by atoms with Crippen LogP contribution in [-0.4, -0.2) is 6.54 Å². The van der Waals surface area contributed by atoms with Crippen LogP contribution in [0.5, 0.6) is 0 Å². The largest absolute Gasteiger partial charge is 0.330 e. The van der Waals surface area contributed by atoms with Gasteiger partial charge in [-0.1, -0.05) is 20.3 Å². The first-order valence-corrected chi connectivity index (χ1v) is 4.98. The Morgan fingerprint density at radius 3 is 2.36 bits per heavy atom. The topological polar surface area (TPSA) is 26.0 Å². The summed E-state index contributed by atoms with van der Waals surface area (Å²) in [5.41, 5.74) is 5.64.